The molecule has 4 aromatic carbocycles. The maximum Gasteiger partial charge on any atom is 0.319 e. The van der Waals surface area contributed by atoms with Crippen LogP contribution in [-0.2, 0) is 20.9 Å². The first-order valence-electron chi connectivity index (χ1n) is 30.0. The summed E-state index contributed by atoms with van der Waals surface area (Å²) in [6, 6.07) is 24.6. The molecule has 2 bridgehead atoms. The predicted molar refractivity (Wildman–Crippen MR) is 329 cm³/mol. The number of H-pyrrole nitrogens is 1. The Morgan fingerprint density at radius 2 is 1.72 bits per heavy atom. The van der Waals surface area contributed by atoms with Crippen LogP contribution < -0.4 is 25.0 Å². The summed E-state index contributed by atoms with van der Waals surface area (Å²) in [6.07, 6.45) is 14.0. The second kappa shape index (κ2) is 27.6. The van der Waals surface area contributed by atoms with Crippen LogP contribution in [0.1, 0.15) is 127 Å². The SMILES string of the molecule is CC.CC1CCCN1C=O.Cc1c(F)cc2[nH]ncc2c1-c1c(C2CC2)cc2c(N3CC4CC3CN4)nc(OC3CCOCC3)nc2c1OCc1ccc(-c2cn(C(C)C(C)C)nn2)cc1.O=CNC(CO)c1ccc(-c2cccnc2Cl)cc1. The van der Waals surface area contributed by atoms with Crippen molar-refractivity contribution in [3.8, 4) is 45.3 Å². The summed E-state index contributed by atoms with van der Waals surface area (Å²) < 4.78 is 37.1. The Hall–Kier alpha value is -7.58. The highest BCUT2D eigenvalue weighted by Crippen LogP contribution is 2.53. The first kappa shape index (κ1) is 60.5. The summed E-state index contributed by atoms with van der Waals surface area (Å²) in [5.74, 6) is 1.93. The number of likely N-dealkylation sites (tertiary alicyclic amines) is 1. The van der Waals surface area contributed by atoms with Crippen LogP contribution in [0.15, 0.2) is 91.4 Å². The van der Waals surface area contributed by atoms with Crippen molar-refractivity contribution in [2.24, 2.45) is 5.92 Å². The van der Waals surface area contributed by atoms with Gasteiger partial charge in [0, 0.05) is 89.8 Å². The van der Waals surface area contributed by atoms with E-state index in [1.165, 1.54) is 18.9 Å². The van der Waals surface area contributed by atoms with Gasteiger partial charge in [0.15, 0.2) is 5.75 Å². The Kier molecular flexibility index (Phi) is 19.7. The lowest BCUT2D eigenvalue weighted by molar-refractivity contribution is -0.118. The number of rotatable bonds is 17. The van der Waals surface area contributed by atoms with Crippen molar-refractivity contribution in [3.05, 3.63) is 125 Å². The molecule has 5 aliphatic rings. The van der Waals surface area contributed by atoms with Crippen LogP contribution in [0.3, 0.4) is 0 Å². The van der Waals surface area contributed by atoms with Crippen LogP contribution in [-0.4, -0.2) is 127 Å². The normalized spacial score (nSPS) is 18.9. The van der Waals surface area contributed by atoms with E-state index in [1.807, 2.05) is 72.9 Å². The third kappa shape index (κ3) is 13.6. The number of hydrogen-bond donors (Lipinski definition) is 4. The van der Waals surface area contributed by atoms with Gasteiger partial charge in [-0.15, -0.1) is 5.10 Å². The maximum absolute atomic E-state index is 15.9. The van der Waals surface area contributed by atoms with Crippen LogP contribution in [0, 0.1) is 18.7 Å². The molecule has 8 heterocycles. The topological polar surface area (TPSA) is 211 Å². The number of anilines is 1. The van der Waals surface area contributed by atoms with Crippen molar-refractivity contribution >= 4 is 52.0 Å². The number of carbonyl (C=O) groups excluding carboxylic acids is 2. The standard InChI is InChI=1S/C43H48FN9O3.C14H13ClN2O2.C6H11NO.C2H6/c1-23(2)25(4)53-21-37(50-51-53)28-7-5-26(6-8-28)22-55-41-39(38-24(3)35(44)17-36-34(38)19-46-49-36)32(27-9-10-27)16-33-40(41)47-43(56-31-11-13-54-14-12-31)48-42(33)52-20-29-15-30(52)18-45-29;15-14-12(2-1-7-16-14)10-3-5-11(6-4-10)13(8-18)17-9-19;1-6-3-2-4-7(6)5-8;1-2/h5-8,16-17,19,21,23,25,27,29-31,45H,9-15,18,20,22H2,1-4H3,(H,46,49);1-7,9,13,18H,8H2,(H,17,19);5-6H,2-4H2,1H3;1-2H3. The van der Waals surface area contributed by atoms with E-state index < -0.39 is 6.04 Å². The summed E-state index contributed by atoms with van der Waals surface area (Å²) in [7, 11) is 0. The number of fused-ring (bicyclic) bond motifs is 4. The molecule has 448 valence electrons. The maximum atomic E-state index is 15.9. The number of pyridine rings is 1. The Bertz CT molecular complexity index is 3550. The molecule has 85 heavy (non-hydrogen) atoms. The zero-order valence-corrected chi connectivity index (χ0v) is 50.4. The predicted octanol–water partition coefficient (Wildman–Crippen LogP) is 11.5. The number of amides is 2. The van der Waals surface area contributed by atoms with E-state index in [9.17, 15) is 14.7 Å². The number of nitrogens with one attached hydrogen (secondary N) is 3. The minimum atomic E-state index is -0.393. The molecule has 4 N–H and O–H groups in total. The van der Waals surface area contributed by atoms with Gasteiger partial charge >= 0.3 is 6.01 Å². The lowest BCUT2D eigenvalue weighted by Gasteiger charge is -2.31. The van der Waals surface area contributed by atoms with Crippen LogP contribution in [0.25, 0.3) is 55.3 Å². The Morgan fingerprint density at radius 3 is 2.35 bits per heavy atom. The van der Waals surface area contributed by atoms with Gasteiger partial charge in [0.1, 0.15) is 40.7 Å². The molecule has 4 aromatic heterocycles. The number of carbonyl (C=O) groups is 2. The fraction of sp³-hybridized carbons (Fsp3) is 0.446. The molecular formula is C65H78ClFN12O6. The molecule has 5 unspecified atom stereocenters. The van der Waals surface area contributed by atoms with E-state index in [0.717, 1.165) is 125 Å². The fourth-order valence-electron chi connectivity index (χ4n) is 11.6. The molecule has 13 rings (SSSR count). The van der Waals surface area contributed by atoms with Gasteiger partial charge in [-0.25, -0.2) is 14.1 Å². The number of aromatic nitrogens is 8. The number of aliphatic hydroxyl groups is 1. The monoisotopic (exact) mass is 1180 g/mol. The molecule has 4 saturated heterocycles. The summed E-state index contributed by atoms with van der Waals surface area (Å²) in [6.45, 7) is 18.6. The highest BCUT2D eigenvalue weighted by atomic mass is 35.5. The second-order valence-electron chi connectivity index (χ2n) is 22.8. The largest absolute Gasteiger partial charge is 0.486 e. The van der Waals surface area contributed by atoms with Gasteiger partial charge in [0.2, 0.25) is 12.8 Å². The molecule has 8 aromatic rings. The van der Waals surface area contributed by atoms with Crippen molar-refractivity contribution in [1.82, 2.24) is 55.7 Å². The molecule has 20 heteroatoms. The molecular weight excluding hydrogens is 1100 g/mol. The fourth-order valence-corrected chi connectivity index (χ4v) is 11.9. The molecule has 5 fully saturated rings. The number of nitrogens with zero attached hydrogens (tertiary/aromatic N) is 9. The highest BCUT2D eigenvalue weighted by Gasteiger charge is 2.41. The van der Waals surface area contributed by atoms with E-state index in [0.29, 0.717) is 83.1 Å². The molecule has 2 amide bonds. The molecule has 1 saturated carbocycles. The number of halogens is 2. The molecule has 18 nitrogen and oxygen atoms in total. The van der Waals surface area contributed by atoms with Crippen molar-refractivity contribution in [2.75, 3.05) is 44.4 Å². The Labute approximate surface area is 501 Å². The van der Waals surface area contributed by atoms with Gasteiger partial charge in [-0.2, -0.15) is 15.1 Å². The first-order chi connectivity index (χ1) is 41.4. The summed E-state index contributed by atoms with van der Waals surface area (Å²) in [4.78, 5) is 39.3. The summed E-state index contributed by atoms with van der Waals surface area (Å²) in [5, 5.41) is 33.8. The third-order valence-corrected chi connectivity index (χ3v) is 17.3. The number of aliphatic hydroxyl groups excluding tert-OH is 1. The lowest BCUT2D eigenvalue weighted by Crippen LogP contribution is -2.44. The number of ether oxygens (including phenoxy) is 3. The van der Waals surface area contributed by atoms with E-state index in [1.54, 1.807) is 12.4 Å². The van der Waals surface area contributed by atoms with E-state index >= 15 is 4.39 Å². The minimum absolute atomic E-state index is 0.0509. The van der Waals surface area contributed by atoms with Gasteiger partial charge in [-0.05, 0) is 117 Å². The Morgan fingerprint density at radius 1 is 0.953 bits per heavy atom. The van der Waals surface area contributed by atoms with Crippen molar-refractivity contribution in [3.63, 3.8) is 0 Å². The van der Waals surface area contributed by atoms with Crippen LogP contribution in [0.4, 0.5) is 10.2 Å². The van der Waals surface area contributed by atoms with Crippen molar-refractivity contribution in [2.45, 2.75) is 142 Å². The van der Waals surface area contributed by atoms with Crippen LogP contribution in [0.5, 0.6) is 11.8 Å². The quantitative estimate of drug-likeness (QED) is 0.0494. The van der Waals surface area contributed by atoms with Gasteiger partial charge < -0.3 is 39.8 Å². The molecule has 0 spiro atoms. The molecule has 0 radical (unpaired) electrons. The summed E-state index contributed by atoms with van der Waals surface area (Å²) >= 11 is 6.03. The number of benzene rings is 4. The minimum Gasteiger partial charge on any atom is -0.486 e. The second-order valence-corrected chi connectivity index (χ2v) is 23.2. The smallest absolute Gasteiger partial charge is 0.319 e. The third-order valence-electron chi connectivity index (χ3n) is 17.0. The van der Waals surface area contributed by atoms with Crippen LogP contribution in [0.2, 0.25) is 5.15 Å². The summed E-state index contributed by atoms with van der Waals surface area (Å²) in [5.41, 5.74) is 10.0. The molecule has 1 aliphatic carbocycles. The average molecular weight is 1180 g/mol. The number of piperazine rings is 1. The van der Waals surface area contributed by atoms with Gasteiger partial charge in [0.05, 0.1) is 49.8 Å². The van der Waals surface area contributed by atoms with Crippen LogP contribution >= 0.6 is 11.6 Å². The highest BCUT2D eigenvalue weighted by molar-refractivity contribution is 6.32. The lowest BCUT2D eigenvalue weighted by atomic mass is 9.88. The Balaban J connectivity index is 0.000000227. The zero-order valence-electron chi connectivity index (χ0n) is 49.6. The van der Waals surface area contributed by atoms with E-state index in [2.05, 4.69) is 99.1 Å². The van der Waals surface area contributed by atoms with Gasteiger partial charge in [-0.3, -0.25) is 14.7 Å². The molecule has 5 atom stereocenters. The van der Waals surface area contributed by atoms with Gasteiger partial charge in [0.25, 0.3) is 0 Å². The van der Waals surface area contributed by atoms with E-state index in [-0.39, 0.29) is 31.2 Å². The zero-order chi connectivity index (χ0) is 59.7. The number of hydrogen-bond acceptors (Lipinski definition) is 14. The first-order valence-corrected chi connectivity index (χ1v) is 30.4. The van der Waals surface area contributed by atoms with Crippen molar-refractivity contribution < 1.29 is 33.3 Å². The van der Waals surface area contributed by atoms with Crippen molar-refractivity contribution in [1.29, 1.82) is 0 Å². The van der Waals surface area contributed by atoms with E-state index in [4.69, 9.17) is 35.8 Å². The number of aromatic amines is 1. The molecule has 4 aliphatic heterocycles. The average Bonchev–Trinajstić information content (AvgIpc) is 2.13. The van der Waals surface area contributed by atoms with Gasteiger partial charge in [-0.1, -0.05) is 93.0 Å².